The SMILES string of the molecule is Cc1cc(C(=O)O)ccc1NCC1CCCO1. The molecular formula is C13H17NO3. The molecule has 0 radical (unpaired) electrons. The van der Waals surface area contributed by atoms with Crippen molar-refractivity contribution < 1.29 is 14.6 Å². The standard InChI is InChI=1S/C13H17NO3/c1-9-7-10(13(15)16)4-5-12(9)14-8-11-3-2-6-17-11/h4-5,7,11,14H,2-3,6,8H2,1H3,(H,15,16). The number of nitrogens with one attached hydrogen (secondary N) is 1. The summed E-state index contributed by atoms with van der Waals surface area (Å²) in [4.78, 5) is 10.8. The van der Waals surface area contributed by atoms with E-state index in [4.69, 9.17) is 9.84 Å². The smallest absolute Gasteiger partial charge is 0.335 e. The number of anilines is 1. The highest BCUT2D eigenvalue weighted by Crippen LogP contribution is 2.18. The van der Waals surface area contributed by atoms with Crippen molar-refractivity contribution in [3.63, 3.8) is 0 Å². The molecule has 4 nitrogen and oxygen atoms in total. The van der Waals surface area contributed by atoms with Crippen LogP contribution in [0.5, 0.6) is 0 Å². The minimum absolute atomic E-state index is 0.286. The van der Waals surface area contributed by atoms with Crippen LogP contribution >= 0.6 is 0 Å². The molecule has 1 aromatic rings. The van der Waals surface area contributed by atoms with Crippen LogP contribution in [0.1, 0.15) is 28.8 Å². The molecular weight excluding hydrogens is 218 g/mol. The van der Waals surface area contributed by atoms with Gasteiger partial charge < -0.3 is 15.2 Å². The molecule has 1 aliphatic heterocycles. The predicted octanol–water partition coefficient (Wildman–Crippen LogP) is 2.28. The summed E-state index contributed by atoms with van der Waals surface area (Å²) in [6.45, 7) is 3.54. The van der Waals surface area contributed by atoms with E-state index in [1.54, 1.807) is 12.1 Å². The highest BCUT2D eigenvalue weighted by atomic mass is 16.5. The van der Waals surface area contributed by atoms with Crippen LogP contribution in [0.25, 0.3) is 0 Å². The molecule has 1 aromatic carbocycles. The molecule has 1 atom stereocenters. The number of ether oxygens (including phenoxy) is 1. The van der Waals surface area contributed by atoms with Crippen LogP contribution < -0.4 is 5.32 Å². The Balaban J connectivity index is 1.98. The fourth-order valence-corrected chi connectivity index (χ4v) is 2.02. The van der Waals surface area contributed by atoms with E-state index in [0.29, 0.717) is 5.56 Å². The maximum atomic E-state index is 10.8. The van der Waals surface area contributed by atoms with Crippen molar-refractivity contribution in [2.45, 2.75) is 25.9 Å². The Morgan fingerprint density at radius 3 is 3.00 bits per heavy atom. The third kappa shape index (κ3) is 2.97. The Hall–Kier alpha value is -1.55. The first-order valence-electron chi connectivity index (χ1n) is 5.86. The molecule has 1 saturated heterocycles. The summed E-state index contributed by atoms with van der Waals surface area (Å²) in [6, 6.07) is 5.11. The molecule has 0 spiro atoms. The molecule has 0 bridgehead atoms. The lowest BCUT2D eigenvalue weighted by atomic mass is 10.1. The summed E-state index contributed by atoms with van der Waals surface area (Å²) >= 11 is 0. The molecule has 0 aromatic heterocycles. The van der Waals surface area contributed by atoms with Crippen LogP contribution in [-0.4, -0.2) is 30.3 Å². The average molecular weight is 235 g/mol. The minimum atomic E-state index is -0.890. The van der Waals surface area contributed by atoms with Crippen molar-refractivity contribution in [1.82, 2.24) is 0 Å². The third-order valence-corrected chi connectivity index (χ3v) is 3.02. The maximum absolute atomic E-state index is 10.8. The van der Waals surface area contributed by atoms with Gasteiger partial charge in [0.25, 0.3) is 0 Å². The number of carboxylic acid groups (broad SMARTS) is 1. The number of hydrogen-bond donors (Lipinski definition) is 2. The lowest BCUT2D eigenvalue weighted by Gasteiger charge is -2.14. The molecule has 2 rings (SSSR count). The van der Waals surface area contributed by atoms with E-state index in [2.05, 4.69) is 5.32 Å². The van der Waals surface area contributed by atoms with Gasteiger partial charge in [-0.15, -0.1) is 0 Å². The van der Waals surface area contributed by atoms with E-state index in [0.717, 1.165) is 37.2 Å². The number of aryl methyl sites for hydroxylation is 1. The molecule has 1 heterocycles. The normalized spacial score (nSPS) is 19.2. The van der Waals surface area contributed by atoms with Gasteiger partial charge >= 0.3 is 5.97 Å². The van der Waals surface area contributed by atoms with Crippen molar-refractivity contribution in [1.29, 1.82) is 0 Å². The monoisotopic (exact) mass is 235 g/mol. The molecule has 1 fully saturated rings. The Bertz CT molecular complexity index is 411. The van der Waals surface area contributed by atoms with E-state index in [9.17, 15) is 4.79 Å². The predicted molar refractivity (Wildman–Crippen MR) is 65.6 cm³/mol. The summed E-state index contributed by atoms with van der Waals surface area (Å²) in [5, 5.41) is 12.2. The second-order valence-electron chi connectivity index (χ2n) is 4.35. The van der Waals surface area contributed by atoms with Gasteiger partial charge in [0.15, 0.2) is 0 Å². The highest BCUT2D eigenvalue weighted by Gasteiger charge is 2.15. The van der Waals surface area contributed by atoms with Crippen LogP contribution in [0.4, 0.5) is 5.69 Å². The number of carbonyl (C=O) groups is 1. The summed E-state index contributed by atoms with van der Waals surface area (Å²) in [6.07, 6.45) is 2.51. The molecule has 2 N–H and O–H groups in total. The van der Waals surface area contributed by atoms with Crippen LogP contribution in [0.15, 0.2) is 18.2 Å². The topological polar surface area (TPSA) is 58.6 Å². The Kier molecular flexibility index (Phi) is 3.64. The molecule has 1 aliphatic rings. The second kappa shape index (κ2) is 5.19. The zero-order chi connectivity index (χ0) is 12.3. The lowest BCUT2D eigenvalue weighted by Crippen LogP contribution is -2.18. The summed E-state index contributed by atoms with van der Waals surface area (Å²) in [5.74, 6) is -0.890. The van der Waals surface area contributed by atoms with Gasteiger partial charge in [-0.25, -0.2) is 4.79 Å². The summed E-state index contributed by atoms with van der Waals surface area (Å²) < 4.78 is 5.52. The van der Waals surface area contributed by atoms with Gasteiger partial charge in [-0.3, -0.25) is 0 Å². The number of hydrogen-bond acceptors (Lipinski definition) is 3. The first-order valence-corrected chi connectivity index (χ1v) is 5.86. The average Bonchev–Trinajstić information content (AvgIpc) is 2.80. The van der Waals surface area contributed by atoms with Crippen molar-refractivity contribution in [2.75, 3.05) is 18.5 Å². The van der Waals surface area contributed by atoms with Crippen LogP contribution in [0.2, 0.25) is 0 Å². The Morgan fingerprint density at radius 1 is 1.59 bits per heavy atom. The summed E-state index contributed by atoms with van der Waals surface area (Å²) in [5.41, 5.74) is 2.25. The number of aromatic carboxylic acids is 1. The zero-order valence-electron chi connectivity index (χ0n) is 9.90. The van der Waals surface area contributed by atoms with Crippen molar-refractivity contribution in [2.24, 2.45) is 0 Å². The van der Waals surface area contributed by atoms with Gasteiger partial charge in [-0.1, -0.05) is 0 Å². The first kappa shape index (κ1) is 11.9. The quantitative estimate of drug-likeness (QED) is 0.840. The maximum Gasteiger partial charge on any atom is 0.335 e. The number of carboxylic acids is 1. The highest BCUT2D eigenvalue weighted by molar-refractivity contribution is 5.88. The zero-order valence-corrected chi connectivity index (χ0v) is 9.90. The number of rotatable bonds is 4. The van der Waals surface area contributed by atoms with Crippen LogP contribution in [0.3, 0.4) is 0 Å². The molecule has 92 valence electrons. The van der Waals surface area contributed by atoms with Gasteiger partial charge in [0.05, 0.1) is 11.7 Å². The van der Waals surface area contributed by atoms with E-state index in [-0.39, 0.29) is 6.10 Å². The van der Waals surface area contributed by atoms with Crippen LogP contribution in [-0.2, 0) is 4.74 Å². The fraction of sp³-hybridized carbons (Fsp3) is 0.462. The van der Waals surface area contributed by atoms with Crippen molar-refractivity contribution in [3.05, 3.63) is 29.3 Å². The van der Waals surface area contributed by atoms with E-state index in [1.807, 2.05) is 13.0 Å². The molecule has 17 heavy (non-hydrogen) atoms. The number of benzene rings is 1. The third-order valence-electron chi connectivity index (χ3n) is 3.02. The fourth-order valence-electron chi connectivity index (χ4n) is 2.02. The van der Waals surface area contributed by atoms with E-state index < -0.39 is 5.97 Å². The Labute approximate surface area is 101 Å². The van der Waals surface area contributed by atoms with Gasteiger partial charge in [-0.05, 0) is 43.5 Å². The lowest BCUT2D eigenvalue weighted by molar-refractivity contribution is 0.0697. The van der Waals surface area contributed by atoms with Gasteiger partial charge in [-0.2, -0.15) is 0 Å². The van der Waals surface area contributed by atoms with Crippen LogP contribution in [0, 0.1) is 6.92 Å². The second-order valence-corrected chi connectivity index (χ2v) is 4.35. The van der Waals surface area contributed by atoms with Gasteiger partial charge in [0.2, 0.25) is 0 Å². The van der Waals surface area contributed by atoms with E-state index in [1.165, 1.54) is 0 Å². The molecule has 0 amide bonds. The molecule has 0 aliphatic carbocycles. The Morgan fingerprint density at radius 2 is 2.41 bits per heavy atom. The van der Waals surface area contributed by atoms with Crippen molar-refractivity contribution in [3.8, 4) is 0 Å². The minimum Gasteiger partial charge on any atom is -0.478 e. The largest absolute Gasteiger partial charge is 0.478 e. The van der Waals surface area contributed by atoms with Crippen molar-refractivity contribution >= 4 is 11.7 Å². The van der Waals surface area contributed by atoms with E-state index >= 15 is 0 Å². The van der Waals surface area contributed by atoms with Gasteiger partial charge in [0, 0.05) is 18.8 Å². The molecule has 0 saturated carbocycles. The summed E-state index contributed by atoms with van der Waals surface area (Å²) in [7, 11) is 0. The van der Waals surface area contributed by atoms with Gasteiger partial charge in [0.1, 0.15) is 0 Å². The first-order chi connectivity index (χ1) is 8.16. The molecule has 4 heteroatoms. The molecule has 1 unspecified atom stereocenters.